The molecule has 1 nitrogen and oxygen atoms in total. The summed E-state index contributed by atoms with van der Waals surface area (Å²) in [6, 6.07) is 16.1. The molecule has 0 heterocycles. The summed E-state index contributed by atoms with van der Waals surface area (Å²) < 4.78 is 0. The Hall–Kier alpha value is -1.76. The fraction of sp³-hybridized carbons (Fsp3) is 0.333. The number of anilines is 1. The maximum Gasteiger partial charge on any atom is 0.0345 e. The maximum absolute atomic E-state index is 3.63. The second kappa shape index (κ2) is 5.08. The minimum Gasteiger partial charge on any atom is -0.382 e. The average Bonchev–Trinajstić information content (AvgIpc) is 2.82. The van der Waals surface area contributed by atoms with Crippen LogP contribution in [0.5, 0.6) is 0 Å². The van der Waals surface area contributed by atoms with Gasteiger partial charge in [0.2, 0.25) is 0 Å². The van der Waals surface area contributed by atoms with E-state index in [9.17, 15) is 0 Å². The molecule has 1 aliphatic rings. The predicted octanol–water partition coefficient (Wildman–Crippen LogP) is 4.86. The molecule has 0 unspecified atom stereocenters. The SMILES string of the molecule is CCC(CC)Nc1ccc2c(c1)Cc1ccccc1-2. The van der Waals surface area contributed by atoms with Gasteiger partial charge in [0.05, 0.1) is 0 Å². The minimum absolute atomic E-state index is 0.585. The summed E-state index contributed by atoms with van der Waals surface area (Å²) in [5.41, 5.74) is 6.99. The molecule has 19 heavy (non-hydrogen) atoms. The van der Waals surface area contributed by atoms with Crippen molar-refractivity contribution < 1.29 is 0 Å². The molecule has 1 heteroatoms. The lowest BCUT2D eigenvalue weighted by Crippen LogP contribution is -2.16. The van der Waals surface area contributed by atoms with Crippen LogP contribution in [0.25, 0.3) is 11.1 Å². The molecular weight excluding hydrogens is 230 g/mol. The zero-order valence-electron chi connectivity index (χ0n) is 11.7. The number of fused-ring (bicyclic) bond motifs is 3. The molecule has 2 aromatic rings. The number of nitrogens with one attached hydrogen (secondary N) is 1. The van der Waals surface area contributed by atoms with Crippen molar-refractivity contribution in [3.8, 4) is 11.1 Å². The van der Waals surface area contributed by atoms with E-state index in [1.54, 1.807) is 0 Å². The van der Waals surface area contributed by atoms with Crippen LogP contribution in [0.1, 0.15) is 37.8 Å². The molecule has 0 spiro atoms. The van der Waals surface area contributed by atoms with E-state index in [-0.39, 0.29) is 0 Å². The summed E-state index contributed by atoms with van der Waals surface area (Å²) in [5, 5.41) is 3.63. The topological polar surface area (TPSA) is 12.0 Å². The van der Waals surface area contributed by atoms with Crippen molar-refractivity contribution in [3.05, 3.63) is 53.6 Å². The summed E-state index contributed by atoms with van der Waals surface area (Å²) in [6.45, 7) is 4.48. The zero-order valence-corrected chi connectivity index (χ0v) is 11.7. The van der Waals surface area contributed by atoms with Crippen molar-refractivity contribution in [1.82, 2.24) is 0 Å². The Bertz CT molecular complexity index is 582. The van der Waals surface area contributed by atoms with Crippen LogP contribution >= 0.6 is 0 Å². The summed E-state index contributed by atoms with van der Waals surface area (Å²) in [5.74, 6) is 0. The van der Waals surface area contributed by atoms with E-state index in [2.05, 4.69) is 61.6 Å². The third-order valence-electron chi connectivity index (χ3n) is 4.15. The number of hydrogen-bond acceptors (Lipinski definition) is 1. The Kier molecular flexibility index (Phi) is 3.29. The first kappa shape index (κ1) is 12.3. The summed E-state index contributed by atoms with van der Waals surface area (Å²) in [4.78, 5) is 0. The molecule has 0 bridgehead atoms. The highest BCUT2D eigenvalue weighted by atomic mass is 14.9. The predicted molar refractivity (Wildman–Crippen MR) is 82.7 cm³/mol. The molecule has 0 atom stereocenters. The number of rotatable bonds is 4. The molecule has 3 rings (SSSR count). The highest BCUT2D eigenvalue weighted by Crippen LogP contribution is 2.37. The average molecular weight is 251 g/mol. The van der Waals surface area contributed by atoms with Crippen LogP contribution in [0.4, 0.5) is 5.69 Å². The molecule has 0 aromatic heterocycles. The normalized spacial score (nSPS) is 12.4. The fourth-order valence-corrected chi connectivity index (χ4v) is 2.96. The van der Waals surface area contributed by atoms with Gasteiger partial charge in [-0.2, -0.15) is 0 Å². The Morgan fingerprint density at radius 2 is 1.68 bits per heavy atom. The third kappa shape index (κ3) is 2.25. The smallest absolute Gasteiger partial charge is 0.0345 e. The van der Waals surface area contributed by atoms with Crippen LogP contribution in [0.15, 0.2) is 42.5 Å². The molecule has 0 amide bonds. The number of hydrogen-bond donors (Lipinski definition) is 1. The molecule has 0 aliphatic heterocycles. The molecular formula is C18H21N. The van der Waals surface area contributed by atoms with Gasteiger partial charge in [0.1, 0.15) is 0 Å². The van der Waals surface area contributed by atoms with Gasteiger partial charge < -0.3 is 5.32 Å². The van der Waals surface area contributed by atoms with Gasteiger partial charge in [0, 0.05) is 11.7 Å². The van der Waals surface area contributed by atoms with E-state index in [0.717, 1.165) is 6.42 Å². The third-order valence-corrected chi connectivity index (χ3v) is 4.15. The van der Waals surface area contributed by atoms with Gasteiger partial charge >= 0.3 is 0 Å². The van der Waals surface area contributed by atoms with Crippen molar-refractivity contribution in [2.75, 3.05) is 5.32 Å². The maximum atomic E-state index is 3.63. The quantitative estimate of drug-likeness (QED) is 0.698. The van der Waals surface area contributed by atoms with Gasteiger partial charge in [-0.1, -0.05) is 44.2 Å². The standard InChI is InChI=1S/C18H21N/c1-3-15(4-2)19-16-9-10-18-14(12-16)11-13-7-5-6-8-17(13)18/h5-10,12,15,19H,3-4,11H2,1-2H3. The molecule has 0 radical (unpaired) electrons. The lowest BCUT2D eigenvalue weighted by atomic mass is 10.0. The van der Waals surface area contributed by atoms with Gasteiger partial charge in [-0.15, -0.1) is 0 Å². The summed E-state index contributed by atoms with van der Waals surface area (Å²) in [6.07, 6.45) is 3.42. The van der Waals surface area contributed by atoms with Gasteiger partial charge in [-0.3, -0.25) is 0 Å². The van der Waals surface area contributed by atoms with E-state index in [0.29, 0.717) is 6.04 Å². The van der Waals surface area contributed by atoms with E-state index >= 15 is 0 Å². The van der Waals surface area contributed by atoms with Gasteiger partial charge in [0.15, 0.2) is 0 Å². The van der Waals surface area contributed by atoms with E-state index < -0.39 is 0 Å². The van der Waals surface area contributed by atoms with E-state index in [1.165, 1.54) is 40.8 Å². The van der Waals surface area contributed by atoms with Crippen LogP contribution in [0.3, 0.4) is 0 Å². The van der Waals surface area contributed by atoms with Crippen LogP contribution in [-0.2, 0) is 6.42 Å². The van der Waals surface area contributed by atoms with E-state index in [1.807, 2.05) is 0 Å². The Morgan fingerprint density at radius 3 is 2.47 bits per heavy atom. The summed E-state index contributed by atoms with van der Waals surface area (Å²) >= 11 is 0. The van der Waals surface area contributed by atoms with Crippen molar-refractivity contribution in [1.29, 1.82) is 0 Å². The zero-order chi connectivity index (χ0) is 13.2. The van der Waals surface area contributed by atoms with Crippen LogP contribution in [0, 0.1) is 0 Å². The lowest BCUT2D eigenvalue weighted by Gasteiger charge is -2.17. The first-order valence-electron chi connectivity index (χ1n) is 7.29. The summed E-state index contributed by atoms with van der Waals surface area (Å²) in [7, 11) is 0. The number of benzene rings is 2. The fourth-order valence-electron chi connectivity index (χ4n) is 2.96. The molecule has 0 fully saturated rings. The van der Waals surface area contributed by atoms with Crippen molar-refractivity contribution in [2.24, 2.45) is 0 Å². The van der Waals surface area contributed by atoms with Gasteiger partial charge in [-0.05, 0) is 53.6 Å². The van der Waals surface area contributed by atoms with Crippen molar-refractivity contribution in [2.45, 2.75) is 39.2 Å². The molecule has 1 N–H and O–H groups in total. The van der Waals surface area contributed by atoms with Gasteiger partial charge in [0.25, 0.3) is 0 Å². The first-order chi connectivity index (χ1) is 9.31. The minimum atomic E-state index is 0.585. The highest BCUT2D eigenvalue weighted by molar-refractivity contribution is 5.78. The van der Waals surface area contributed by atoms with Gasteiger partial charge in [-0.25, -0.2) is 0 Å². The van der Waals surface area contributed by atoms with Crippen LogP contribution in [0.2, 0.25) is 0 Å². The Morgan fingerprint density at radius 1 is 0.947 bits per heavy atom. The second-order valence-corrected chi connectivity index (χ2v) is 5.36. The Labute approximate surface area is 115 Å². The largest absolute Gasteiger partial charge is 0.382 e. The van der Waals surface area contributed by atoms with E-state index in [4.69, 9.17) is 0 Å². The van der Waals surface area contributed by atoms with Crippen molar-refractivity contribution in [3.63, 3.8) is 0 Å². The highest BCUT2D eigenvalue weighted by Gasteiger charge is 2.18. The van der Waals surface area contributed by atoms with Crippen LogP contribution in [-0.4, -0.2) is 6.04 Å². The van der Waals surface area contributed by atoms with Crippen LogP contribution < -0.4 is 5.32 Å². The molecule has 0 saturated carbocycles. The Balaban J connectivity index is 1.89. The van der Waals surface area contributed by atoms with Crippen molar-refractivity contribution >= 4 is 5.69 Å². The second-order valence-electron chi connectivity index (χ2n) is 5.36. The molecule has 0 saturated heterocycles. The lowest BCUT2D eigenvalue weighted by molar-refractivity contribution is 0.672. The first-order valence-corrected chi connectivity index (χ1v) is 7.29. The molecule has 1 aliphatic carbocycles. The molecule has 2 aromatic carbocycles. The monoisotopic (exact) mass is 251 g/mol. The molecule has 98 valence electrons.